The van der Waals surface area contributed by atoms with Crippen LogP contribution in [-0.2, 0) is 0 Å². The number of benzene rings is 1. The van der Waals surface area contributed by atoms with Gasteiger partial charge in [-0.2, -0.15) is 0 Å². The molecule has 0 saturated heterocycles. The minimum Gasteiger partial charge on any atom is -0.289 e. The van der Waals surface area contributed by atoms with E-state index in [0.29, 0.717) is 11.1 Å². The highest BCUT2D eigenvalue weighted by molar-refractivity contribution is 14.1. The van der Waals surface area contributed by atoms with Gasteiger partial charge in [-0.25, -0.2) is 0 Å². The second-order valence-corrected chi connectivity index (χ2v) is 4.81. The van der Waals surface area contributed by atoms with Gasteiger partial charge in [0.05, 0.1) is 0 Å². The second-order valence-electron chi connectivity index (χ2n) is 2.73. The Labute approximate surface area is 99.5 Å². The van der Waals surface area contributed by atoms with Crippen LogP contribution in [0.3, 0.4) is 0 Å². The maximum atomic E-state index is 11.6. The number of carbonyl (C=O) groups excluding carboxylic acids is 1. The highest BCUT2D eigenvalue weighted by Gasteiger charge is 2.10. The molecule has 0 unspecified atom stereocenters. The molecule has 3 heteroatoms. The minimum absolute atomic E-state index is 0.00528. The fourth-order valence-corrected chi connectivity index (χ4v) is 1.84. The predicted octanol–water partition coefficient (Wildman–Crippen LogP) is 3.81. The summed E-state index contributed by atoms with van der Waals surface area (Å²) in [4.78, 5) is 11.6. The molecule has 0 aliphatic carbocycles. The number of hydrogen-bond donors (Lipinski definition) is 0. The first-order valence-electron chi connectivity index (χ1n) is 3.67. The molecule has 68 valence electrons. The molecule has 0 heterocycles. The number of halogens is 2. The van der Waals surface area contributed by atoms with Gasteiger partial charge in [-0.05, 0) is 53.3 Å². The first-order chi connectivity index (χ1) is 6.02. The molecule has 0 fully saturated rings. The Morgan fingerprint density at radius 1 is 1.54 bits per heavy atom. The van der Waals surface area contributed by atoms with E-state index >= 15 is 0 Å². The van der Waals surface area contributed by atoms with E-state index in [-0.39, 0.29) is 5.78 Å². The molecule has 0 spiro atoms. The SMILES string of the molecule is C=C(C)C(=O)c1cc(Br)ccc1I. The monoisotopic (exact) mass is 350 g/mol. The number of carbonyl (C=O) groups is 1. The van der Waals surface area contributed by atoms with Gasteiger partial charge in [-0.15, -0.1) is 0 Å². The fraction of sp³-hybridized carbons (Fsp3) is 0.100. The van der Waals surface area contributed by atoms with Crippen molar-refractivity contribution in [3.05, 3.63) is 44.0 Å². The van der Waals surface area contributed by atoms with Crippen molar-refractivity contribution >= 4 is 44.3 Å². The molecule has 0 aliphatic heterocycles. The van der Waals surface area contributed by atoms with Gasteiger partial charge in [-0.3, -0.25) is 4.79 Å². The van der Waals surface area contributed by atoms with Crippen LogP contribution in [0.2, 0.25) is 0 Å². The number of rotatable bonds is 2. The van der Waals surface area contributed by atoms with Gasteiger partial charge in [0.1, 0.15) is 0 Å². The average Bonchev–Trinajstić information content (AvgIpc) is 2.08. The van der Waals surface area contributed by atoms with Gasteiger partial charge in [0.2, 0.25) is 0 Å². The summed E-state index contributed by atoms with van der Waals surface area (Å²) in [5.41, 5.74) is 1.28. The Morgan fingerprint density at radius 3 is 2.69 bits per heavy atom. The Kier molecular flexibility index (Phi) is 3.67. The van der Waals surface area contributed by atoms with Gasteiger partial charge in [0.15, 0.2) is 5.78 Å². The van der Waals surface area contributed by atoms with Gasteiger partial charge >= 0.3 is 0 Å². The highest BCUT2D eigenvalue weighted by atomic mass is 127. The van der Waals surface area contributed by atoms with Crippen molar-refractivity contribution < 1.29 is 4.79 Å². The molecular weight excluding hydrogens is 343 g/mol. The molecule has 0 N–H and O–H groups in total. The van der Waals surface area contributed by atoms with Crippen molar-refractivity contribution in [1.29, 1.82) is 0 Å². The van der Waals surface area contributed by atoms with Crippen molar-refractivity contribution in [3.63, 3.8) is 0 Å². The molecule has 1 nitrogen and oxygen atoms in total. The normalized spacial score (nSPS) is 9.77. The molecule has 0 saturated carbocycles. The van der Waals surface area contributed by atoms with Crippen molar-refractivity contribution in [2.45, 2.75) is 6.92 Å². The molecule has 0 aliphatic rings. The van der Waals surface area contributed by atoms with E-state index in [4.69, 9.17) is 0 Å². The zero-order valence-corrected chi connectivity index (χ0v) is 10.8. The lowest BCUT2D eigenvalue weighted by Gasteiger charge is -2.03. The summed E-state index contributed by atoms with van der Waals surface area (Å²) < 4.78 is 1.87. The van der Waals surface area contributed by atoms with Crippen LogP contribution >= 0.6 is 38.5 Å². The summed E-state index contributed by atoms with van der Waals surface area (Å²) in [7, 11) is 0. The first-order valence-corrected chi connectivity index (χ1v) is 5.55. The summed E-state index contributed by atoms with van der Waals surface area (Å²) in [5, 5.41) is 0. The van der Waals surface area contributed by atoms with Gasteiger partial charge in [-0.1, -0.05) is 22.5 Å². The third-order valence-electron chi connectivity index (χ3n) is 1.56. The number of hydrogen-bond acceptors (Lipinski definition) is 1. The number of allylic oxidation sites excluding steroid dienone is 1. The molecule has 1 aromatic rings. The van der Waals surface area contributed by atoms with Crippen LogP contribution in [0.15, 0.2) is 34.8 Å². The van der Waals surface area contributed by atoms with E-state index in [1.807, 2.05) is 18.2 Å². The van der Waals surface area contributed by atoms with Crippen molar-refractivity contribution in [1.82, 2.24) is 0 Å². The summed E-state index contributed by atoms with van der Waals surface area (Å²) in [6.07, 6.45) is 0. The summed E-state index contributed by atoms with van der Waals surface area (Å²) in [6, 6.07) is 5.64. The van der Waals surface area contributed by atoms with E-state index in [2.05, 4.69) is 45.1 Å². The van der Waals surface area contributed by atoms with Crippen LogP contribution in [0.4, 0.5) is 0 Å². The predicted molar refractivity (Wildman–Crippen MR) is 66.0 cm³/mol. The maximum Gasteiger partial charge on any atom is 0.189 e. The molecule has 0 amide bonds. The van der Waals surface area contributed by atoms with E-state index in [1.54, 1.807) is 6.92 Å². The lowest BCUT2D eigenvalue weighted by atomic mass is 10.1. The van der Waals surface area contributed by atoms with E-state index in [1.165, 1.54) is 0 Å². The van der Waals surface area contributed by atoms with Crippen molar-refractivity contribution in [3.8, 4) is 0 Å². The van der Waals surface area contributed by atoms with Gasteiger partial charge in [0, 0.05) is 13.6 Å². The molecule has 0 bridgehead atoms. The van der Waals surface area contributed by atoms with Crippen LogP contribution in [0.1, 0.15) is 17.3 Å². The minimum atomic E-state index is 0.00528. The van der Waals surface area contributed by atoms with Crippen molar-refractivity contribution in [2.24, 2.45) is 0 Å². The number of Topliss-reactive ketones (excluding diaryl/α,β-unsaturated/α-hetero) is 1. The topological polar surface area (TPSA) is 17.1 Å². The zero-order chi connectivity index (χ0) is 10.0. The van der Waals surface area contributed by atoms with Crippen LogP contribution in [0.5, 0.6) is 0 Å². The number of ketones is 1. The lowest BCUT2D eigenvalue weighted by Crippen LogP contribution is -2.01. The maximum absolute atomic E-state index is 11.6. The third kappa shape index (κ3) is 2.64. The van der Waals surface area contributed by atoms with Crippen molar-refractivity contribution in [2.75, 3.05) is 0 Å². The second kappa shape index (κ2) is 4.37. The highest BCUT2D eigenvalue weighted by Crippen LogP contribution is 2.20. The molecule has 1 aromatic carbocycles. The molecule has 1 rings (SSSR count). The lowest BCUT2D eigenvalue weighted by molar-refractivity contribution is 0.103. The van der Waals surface area contributed by atoms with Crippen LogP contribution in [-0.4, -0.2) is 5.78 Å². The fourth-order valence-electron chi connectivity index (χ4n) is 0.901. The molecule has 13 heavy (non-hydrogen) atoms. The average molecular weight is 351 g/mol. The third-order valence-corrected chi connectivity index (χ3v) is 2.99. The molecule has 0 aromatic heterocycles. The van der Waals surface area contributed by atoms with E-state index in [9.17, 15) is 4.79 Å². The summed E-state index contributed by atoms with van der Waals surface area (Å²) in [5.74, 6) is 0.00528. The Balaban J connectivity index is 3.21. The summed E-state index contributed by atoms with van der Waals surface area (Å²) >= 11 is 5.47. The van der Waals surface area contributed by atoms with Crippen LogP contribution in [0.25, 0.3) is 0 Å². The Morgan fingerprint density at radius 2 is 2.15 bits per heavy atom. The molecular formula is C10H8BrIO. The molecule has 0 radical (unpaired) electrons. The van der Waals surface area contributed by atoms with Gasteiger partial charge in [0.25, 0.3) is 0 Å². The summed E-state index contributed by atoms with van der Waals surface area (Å²) in [6.45, 7) is 5.36. The Bertz CT molecular complexity index is 371. The quantitative estimate of drug-likeness (QED) is 0.450. The largest absolute Gasteiger partial charge is 0.289 e. The first kappa shape index (κ1) is 10.9. The molecule has 0 atom stereocenters. The Hall–Kier alpha value is -0.160. The van der Waals surface area contributed by atoms with Crippen LogP contribution < -0.4 is 0 Å². The smallest absolute Gasteiger partial charge is 0.189 e. The standard InChI is InChI=1S/C10H8BrIO/c1-6(2)10(13)8-5-7(11)3-4-9(8)12/h3-5H,1H2,2H3. The zero-order valence-electron chi connectivity index (χ0n) is 7.10. The van der Waals surface area contributed by atoms with E-state index in [0.717, 1.165) is 8.04 Å². The van der Waals surface area contributed by atoms with E-state index < -0.39 is 0 Å². The van der Waals surface area contributed by atoms with Crippen LogP contribution in [0, 0.1) is 3.57 Å². The van der Waals surface area contributed by atoms with Gasteiger partial charge < -0.3 is 0 Å².